The number of thiophene rings is 1. The van der Waals surface area contributed by atoms with E-state index in [4.69, 9.17) is 4.74 Å². The van der Waals surface area contributed by atoms with E-state index in [1.165, 1.54) is 11.3 Å². The summed E-state index contributed by atoms with van der Waals surface area (Å²) in [5.74, 6) is 1.69. The van der Waals surface area contributed by atoms with E-state index >= 15 is 0 Å². The number of rotatable bonds is 8. The van der Waals surface area contributed by atoms with Gasteiger partial charge in [0, 0.05) is 19.2 Å². The van der Waals surface area contributed by atoms with Crippen LogP contribution in [0.3, 0.4) is 0 Å². The minimum Gasteiger partial charge on any atom is -0.457 e. The van der Waals surface area contributed by atoms with Crippen LogP contribution in [0, 0.1) is 12.8 Å². The molecule has 0 spiro atoms. The highest BCUT2D eigenvalue weighted by Crippen LogP contribution is 2.46. The van der Waals surface area contributed by atoms with Gasteiger partial charge in [0.1, 0.15) is 21.2 Å². The smallest absolute Gasteiger partial charge is 0.331 e. The molecule has 2 N–H and O–H groups in total. The Morgan fingerprint density at radius 1 is 1.12 bits per heavy atom. The zero-order valence-corrected chi connectivity index (χ0v) is 23.7. The number of ketones is 1. The minimum atomic E-state index is -0.337. The number of anilines is 3. The van der Waals surface area contributed by atoms with Gasteiger partial charge < -0.3 is 15.4 Å². The summed E-state index contributed by atoms with van der Waals surface area (Å²) in [6.07, 6.45) is 8.86. The van der Waals surface area contributed by atoms with Gasteiger partial charge in [0.25, 0.3) is 0 Å². The van der Waals surface area contributed by atoms with Crippen LogP contribution in [-0.4, -0.2) is 28.7 Å². The summed E-state index contributed by atoms with van der Waals surface area (Å²) < 4.78 is 5.97. The van der Waals surface area contributed by atoms with Crippen LogP contribution in [0.1, 0.15) is 47.8 Å². The van der Waals surface area contributed by atoms with Crippen LogP contribution in [0.15, 0.2) is 72.9 Å². The number of aryl methyl sites for hydroxylation is 1. The summed E-state index contributed by atoms with van der Waals surface area (Å²) in [7, 11) is 0. The number of pyridine rings is 1. The number of hydrogen-bond donors (Lipinski definition) is 2. The molecule has 0 saturated heterocycles. The van der Waals surface area contributed by atoms with Gasteiger partial charge in [0.2, 0.25) is 5.91 Å². The third-order valence-corrected chi connectivity index (χ3v) is 8.66. The van der Waals surface area contributed by atoms with E-state index in [2.05, 4.69) is 15.6 Å². The number of aromatic nitrogens is 1. The molecule has 41 heavy (non-hydrogen) atoms. The monoisotopic (exact) mass is 566 g/mol. The van der Waals surface area contributed by atoms with Crippen LogP contribution in [-0.2, 0) is 4.79 Å². The van der Waals surface area contributed by atoms with Crippen molar-refractivity contribution in [3.05, 3.63) is 83.4 Å². The molecule has 2 aromatic carbocycles. The largest absolute Gasteiger partial charge is 0.457 e. The lowest BCUT2D eigenvalue weighted by Crippen LogP contribution is -2.34. The Bertz CT molecular complexity index is 1680. The van der Waals surface area contributed by atoms with Gasteiger partial charge in [-0.25, -0.2) is 9.78 Å². The Hall–Kier alpha value is -4.50. The molecule has 0 radical (unpaired) electrons. The predicted molar refractivity (Wildman–Crippen MR) is 162 cm³/mol. The van der Waals surface area contributed by atoms with E-state index in [0.29, 0.717) is 38.4 Å². The van der Waals surface area contributed by atoms with E-state index in [-0.39, 0.29) is 23.8 Å². The molecule has 0 bridgehead atoms. The zero-order chi connectivity index (χ0) is 28.5. The number of para-hydroxylation sites is 1. The van der Waals surface area contributed by atoms with Crippen LogP contribution >= 0.6 is 11.3 Å². The standard InChI is InChI=1S/C32H30N4O4S/c1-19-17-24(40-23-8-4-3-5-9-23)13-14-25(19)36-26-15-16-33-31-28(26)29(35-32(36)39)30(41-31)27(38)10-6-7-21-11-12-22(18-21)34-20(2)37/h3-6,8-10,13-17,21-22H,7,11-12,18H2,1-2H3,(H,34,37)(H,35,39)/b10-6+/t21-,22+/m0/s1. The van der Waals surface area contributed by atoms with Gasteiger partial charge in [-0.3, -0.25) is 14.5 Å². The average Bonchev–Trinajstić information content (AvgIpc) is 3.55. The molecule has 6 rings (SSSR count). The lowest BCUT2D eigenvalue weighted by atomic mass is 10.0. The molecular formula is C32H30N4O4S. The molecule has 1 fully saturated rings. The third kappa shape index (κ3) is 5.45. The first-order valence-electron chi connectivity index (χ1n) is 13.7. The van der Waals surface area contributed by atoms with Crippen molar-refractivity contribution >= 4 is 56.3 Å². The van der Waals surface area contributed by atoms with Gasteiger partial charge in [-0.2, -0.15) is 0 Å². The maximum absolute atomic E-state index is 13.5. The second-order valence-corrected chi connectivity index (χ2v) is 11.5. The zero-order valence-electron chi connectivity index (χ0n) is 22.8. The van der Waals surface area contributed by atoms with Crippen molar-refractivity contribution in [2.45, 2.75) is 45.6 Å². The quantitative estimate of drug-likeness (QED) is 0.170. The maximum atomic E-state index is 13.5. The maximum Gasteiger partial charge on any atom is 0.331 e. The Morgan fingerprint density at radius 3 is 2.73 bits per heavy atom. The highest BCUT2D eigenvalue weighted by atomic mass is 32.1. The van der Waals surface area contributed by atoms with Gasteiger partial charge in [0.15, 0.2) is 5.78 Å². The number of allylic oxidation sites excluding steroid dienone is 2. The number of carbonyl (C=O) groups excluding carboxylic acids is 3. The molecule has 3 amide bonds. The van der Waals surface area contributed by atoms with Crippen molar-refractivity contribution in [3.8, 4) is 11.5 Å². The number of carbonyl (C=O) groups is 3. The summed E-state index contributed by atoms with van der Waals surface area (Å²) in [6, 6.07) is 16.8. The third-order valence-electron chi connectivity index (χ3n) is 7.55. The van der Waals surface area contributed by atoms with Crippen molar-refractivity contribution in [1.29, 1.82) is 0 Å². The SMILES string of the molecule is CC(=O)N[C@@H]1CC[C@H](C/C=C/C(=O)c2sc3nccc4c3c2NC(=O)N4c2ccc(Oc3ccccc3)cc2C)C1. The highest BCUT2D eigenvalue weighted by Gasteiger charge is 2.33. The van der Waals surface area contributed by atoms with Gasteiger partial charge in [-0.1, -0.05) is 24.3 Å². The second-order valence-electron chi connectivity index (χ2n) is 10.5. The number of nitrogens with one attached hydrogen (secondary N) is 2. The fourth-order valence-corrected chi connectivity index (χ4v) is 6.75. The van der Waals surface area contributed by atoms with Gasteiger partial charge in [-0.05, 0) is 86.6 Å². The summed E-state index contributed by atoms with van der Waals surface area (Å²) in [5.41, 5.74) is 2.78. The Morgan fingerprint density at radius 2 is 1.95 bits per heavy atom. The highest BCUT2D eigenvalue weighted by molar-refractivity contribution is 7.21. The van der Waals surface area contributed by atoms with Gasteiger partial charge in [-0.15, -0.1) is 11.3 Å². The van der Waals surface area contributed by atoms with Crippen molar-refractivity contribution in [2.75, 3.05) is 10.2 Å². The molecule has 0 unspecified atom stereocenters. The predicted octanol–water partition coefficient (Wildman–Crippen LogP) is 7.51. The van der Waals surface area contributed by atoms with Crippen molar-refractivity contribution in [3.63, 3.8) is 0 Å². The second kappa shape index (κ2) is 11.2. The van der Waals surface area contributed by atoms with E-state index in [1.54, 1.807) is 30.2 Å². The molecule has 1 aliphatic heterocycles. The molecule has 8 nitrogen and oxygen atoms in total. The first-order valence-corrected chi connectivity index (χ1v) is 14.5. The lowest BCUT2D eigenvalue weighted by Gasteiger charge is -2.29. The summed E-state index contributed by atoms with van der Waals surface area (Å²) in [5, 5.41) is 6.72. The van der Waals surface area contributed by atoms with E-state index < -0.39 is 0 Å². The fourth-order valence-electron chi connectivity index (χ4n) is 5.71. The molecule has 2 aromatic heterocycles. The number of benzene rings is 2. The van der Waals surface area contributed by atoms with Crippen LogP contribution in [0.25, 0.3) is 10.2 Å². The van der Waals surface area contributed by atoms with Crippen LogP contribution < -0.4 is 20.3 Å². The molecule has 1 saturated carbocycles. The Labute approximate surface area is 242 Å². The van der Waals surface area contributed by atoms with Crippen molar-refractivity contribution in [2.24, 2.45) is 5.92 Å². The molecular weight excluding hydrogens is 536 g/mol. The Kier molecular flexibility index (Phi) is 7.28. The van der Waals surface area contributed by atoms with Crippen molar-refractivity contribution in [1.82, 2.24) is 10.3 Å². The minimum absolute atomic E-state index is 0.00190. The van der Waals surface area contributed by atoms with Crippen LogP contribution in [0.4, 0.5) is 21.9 Å². The number of nitrogens with zero attached hydrogens (tertiary/aromatic N) is 2. The van der Waals surface area contributed by atoms with E-state index in [9.17, 15) is 14.4 Å². The molecule has 208 valence electrons. The van der Waals surface area contributed by atoms with Crippen LogP contribution in [0.2, 0.25) is 0 Å². The normalized spacial score (nSPS) is 18.1. The lowest BCUT2D eigenvalue weighted by molar-refractivity contribution is -0.119. The molecule has 9 heteroatoms. The van der Waals surface area contributed by atoms with Crippen molar-refractivity contribution < 1.29 is 19.1 Å². The first-order chi connectivity index (χ1) is 19.9. The first kappa shape index (κ1) is 26.7. The summed E-state index contributed by atoms with van der Waals surface area (Å²) in [4.78, 5) is 45.4. The molecule has 1 aliphatic carbocycles. The molecule has 4 aromatic rings. The Balaban J connectivity index is 1.23. The van der Waals surface area contributed by atoms with Gasteiger partial charge in [0.05, 0.1) is 22.4 Å². The van der Waals surface area contributed by atoms with E-state index in [1.807, 2.05) is 61.5 Å². The van der Waals surface area contributed by atoms with Crippen LogP contribution in [0.5, 0.6) is 11.5 Å². The summed E-state index contributed by atoms with van der Waals surface area (Å²) in [6.45, 7) is 3.48. The number of amides is 3. The topological polar surface area (TPSA) is 101 Å². The average molecular weight is 567 g/mol. The molecule has 2 aliphatic rings. The van der Waals surface area contributed by atoms with E-state index in [0.717, 1.165) is 42.4 Å². The van der Waals surface area contributed by atoms with Gasteiger partial charge >= 0.3 is 6.03 Å². The fraction of sp³-hybridized carbons (Fsp3) is 0.250. The number of hydrogen-bond acceptors (Lipinski definition) is 6. The summed E-state index contributed by atoms with van der Waals surface area (Å²) >= 11 is 1.29. The molecule has 3 heterocycles. The molecule has 2 atom stereocenters. The number of ether oxygens (including phenoxy) is 1. The number of urea groups is 1.